The Morgan fingerprint density at radius 1 is 1.37 bits per heavy atom. The van der Waals surface area contributed by atoms with Crippen molar-refractivity contribution in [3.63, 3.8) is 0 Å². The summed E-state index contributed by atoms with van der Waals surface area (Å²) in [6.45, 7) is 2.78. The lowest BCUT2D eigenvalue weighted by molar-refractivity contribution is -0.118. The van der Waals surface area contributed by atoms with Gasteiger partial charge in [0.15, 0.2) is 0 Å². The number of hydrogen-bond acceptors (Lipinski definition) is 3. The molecule has 1 amide bonds. The summed E-state index contributed by atoms with van der Waals surface area (Å²) in [5.41, 5.74) is 15.2. The average molecular weight is 261 g/mol. The average Bonchev–Trinajstić information content (AvgIpc) is 2.42. The molecule has 0 fully saturated rings. The van der Waals surface area contributed by atoms with Gasteiger partial charge in [-0.05, 0) is 42.5 Å². The predicted octanol–water partition coefficient (Wildman–Crippen LogP) is 1.58. The summed E-state index contributed by atoms with van der Waals surface area (Å²) in [6.07, 6.45) is 2.29. The topological polar surface area (TPSA) is 72.3 Å². The molecule has 2 atom stereocenters. The van der Waals surface area contributed by atoms with Gasteiger partial charge in [-0.2, -0.15) is 0 Å². The second-order valence-corrected chi connectivity index (χ2v) is 5.52. The Kier molecular flexibility index (Phi) is 4.22. The van der Waals surface area contributed by atoms with Crippen LogP contribution in [0.25, 0.3) is 0 Å². The Hall–Kier alpha value is -1.39. The molecule has 4 N–H and O–H groups in total. The predicted molar refractivity (Wildman–Crippen MR) is 77.9 cm³/mol. The molecule has 2 unspecified atom stereocenters. The van der Waals surface area contributed by atoms with Crippen molar-refractivity contribution in [2.75, 3.05) is 18.5 Å². The van der Waals surface area contributed by atoms with Crippen LogP contribution in [0.4, 0.5) is 5.69 Å². The molecule has 0 spiro atoms. The van der Waals surface area contributed by atoms with Crippen molar-refractivity contribution in [1.82, 2.24) is 0 Å². The molecule has 1 aromatic rings. The summed E-state index contributed by atoms with van der Waals surface area (Å²) in [5, 5.41) is 0. The maximum absolute atomic E-state index is 11.6. The number of carbonyl (C=O) groups is 1. The van der Waals surface area contributed by atoms with Crippen LogP contribution in [0.15, 0.2) is 18.2 Å². The second-order valence-electron chi connectivity index (χ2n) is 5.52. The number of hydrogen-bond donors (Lipinski definition) is 2. The number of rotatable bonds is 4. The number of anilines is 1. The van der Waals surface area contributed by atoms with Crippen molar-refractivity contribution in [1.29, 1.82) is 0 Å². The van der Waals surface area contributed by atoms with Crippen LogP contribution in [-0.4, -0.2) is 19.5 Å². The maximum atomic E-state index is 11.6. The van der Waals surface area contributed by atoms with E-state index >= 15 is 0 Å². The molecule has 104 valence electrons. The maximum Gasteiger partial charge on any atom is 0.227 e. The minimum Gasteiger partial charge on any atom is -0.330 e. The lowest BCUT2D eigenvalue weighted by Crippen LogP contribution is -2.31. The van der Waals surface area contributed by atoms with E-state index in [1.165, 1.54) is 5.56 Å². The van der Waals surface area contributed by atoms with Gasteiger partial charge in [0.05, 0.1) is 0 Å². The van der Waals surface area contributed by atoms with Gasteiger partial charge in [0, 0.05) is 25.2 Å². The Bertz CT molecular complexity index is 472. The van der Waals surface area contributed by atoms with Gasteiger partial charge in [-0.3, -0.25) is 4.79 Å². The molecular weight excluding hydrogens is 238 g/mol. The number of nitrogens with two attached hydrogens (primary N) is 2. The molecule has 1 aromatic carbocycles. The third-order valence-corrected chi connectivity index (χ3v) is 3.93. The van der Waals surface area contributed by atoms with E-state index in [1.807, 2.05) is 19.2 Å². The zero-order chi connectivity index (χ0) is 14.0. The molecule has 19 heavy (non-hydrogen) atoms. The summed E-state index contributed by atoms with van der Waals surface area (Å²) in [5.74, 6) is 0.608. The van der Waals surface area contributed by atoms with Crippen LogP contribution in [-0.2, 0) is 11.2 Å². The fourth-order valence-corrected chi connectivity index (χ4v) is 2.57. The van der Waals surface area contributed by atoms with E-state index in [0.29, 0.717) is 18.9 Å². The van der Waals surface area contributed by atoms with Crippen molar-refractivity contribution in [3.8, 4) is 0 Å². The largest absolute Gasteiger partial charge is 0.330 e. The van der Waals surface area contributed by atoms with E-state index in [1.54, 1.807) is 4.90 Å². The normalized spacial score (nSPS) is 18.1. The molecule has 2 rings (SSSR count). The number of nitrogens with zero attached hydrogens (tertiary/aromatic N) is 1. The SMILES string of the molecule is CC(CN)CC(N)c1ccc2c(c1)CCC(=O)N2C. The van der Waals surface area contributed by atoms with Gasteiger partial charge >= 0.3 is 0 Å². The molecule has 4 nitrogen and oxygen atoms in total. The van der Waals surface area contributed by atoms with Crippen LogP contribution in [0, 0.1) is 5.92 Å². The van der Waals surface area contributed by atoms with Crippen LogP contribution < -0.4 is 16.4 Å². The molecule has 1 aliphatic rings. The van der Waals surface area contributed by atoms with Crippen molar-refractivity contribution in [2.45, 2.75) is 32.2 Å². The molecule has 0 aliphatic carbocycles. The lowest BCUT2D eigenvalue weighted by atomic mass is 9.92. The van der Waals surface area contributed by atoms with E-state index < -0.39 is 0 Å². The van der Waals surface area contributed by atoms with Gasteiger partial charge in [0.1, 0.15) is 0 Å². The van der Waals surface area contributed by atoms with Crippen LogP contribution >= 0.6 is 0 Å². The highest BCUT2D eigenvalue weighted by atomic mass is 16.2. The summed E-state index contributed by atoms with van der Waals surface area (Å²) in [6, 6.07) is 6.20. The first kappa shape index (κ1) is 14.0. The number of amides is 1. The quantitative estimate of drug-likeness (QED) is 0.864. The fraction of sp³-hybridized carbons (Fsp3) is 0.533. The number of fused-ring (bicyclic) bond motifs is 1. The Balaban J connectivity index is 2.19. The van der Waals surface area contributed by atoms with Crippen molar-refractivity contribution >= 4 is 11.6 Å². The lowest BCUT2D eigenvalue weighted by Gasteiger charge is -2.27. The second kappa shape index (κ2) is 5.72. The molecular formula is C15H23N3O. The molecule has 4 heteroatoms. The number of benzene rings is 1. The van der Waals surface area contributed by atoms with Gasteiger partial charge in [-0.1, -0.05) is 19.1 Å². The van der Waals surface area contributed by atoms with Crippen LogP contribution in [0.5, 0.6) is 0 Å². The molecule has 0 saturated carbocycles. The number of carbonyl (C=O) groups excluding carboxylic acids is 1. The molecule has 0 aromatic heterocycles. The Labute approximate surface area is 114 Å². The highest BCUT2D eigenvalue weighted by molar-refractivity contribution is 5.95. The summed E-state index contributed by atoms with van der Waals surface area (Å²) in [7, 11) is 1.83. The minimum atomic E-state index is 0.0202. The number of aryl methyl sites for hydroxylation is 1. The van der Waals surface area contributed by atoms with Crippen molar-refractivity contribution in [2.24, 2.45) is 17.4 Å². The van der Waals surface area contributed by atoms with Gasteiger partial charge in [0.25, 0.3) is 0 Å². The fourth-order valence-electron chi connectivity index (χ4n) is 2.57. The van der Waals surface area contributed by atoms with E-state index in [9.17, 15) is 4.79 Å². The van der Waals surface area contributed by atoms with E-state index in [4.69, 9.17) is 11.5 Å². The highest BCUT2D eigenvalue weighted by Gasteiger charge is 2.21. The Morgan fingerprint density at radius 3 is 2.79 bits per heavy atom. The summed E-state index contributed by atoms with van der Waals surface area (Å²) < 4.78 is 0. The van der Waals surface area contributed by atoms with Crippen molar-refractivity contribution in [3.05, 3.63) is 29.3 Å². The summed E-state index contributed by atoms with van der Waals surface area (Å²) in [4.78, 5) is 13.4. The van der Waals surface area contributed by atoms with E-state index in [-0.39, 0.29) is 11.9 Å². The third-order valence-electron chi connectivity index (χ3n) is 3.93. The molecule has 1 aliphatic heterocycles. The van der Waals surface area contributed by atoms with Crippen LogP contribution in [0.2, 0.25) is 0 Å². The third kappa shape index (κ3) is 2.96. The first-order valence-electron chi connectivity index (χ1n) is 6.88. The highest BCUT2D eigenvalue weighted by Crippen LogP contribution is 2.30. The minimum absolute atomic E-state index is 0.0202. The van der Waals surface area contributed by atoms with Crippen molar-refractivity contribution < 1.29 is 4.79 Å². The van der Waals surface area contributed by atoms with Gasteiger partial charge < -0.3 is 16.4 Å². The first-order valence-corrected chi connectivity index (χ1v) is 6.88. The van der Waals surface area contributed by atoms with Gasteiger partial charge in [0.2, 0.25) is 5.91 Å². The van der Waals surface area contributed by atoms with Crippen LogP contribution in [0.1, 0.15) is 36.9 Å². The molecule has 0 bridgehead atoms. The monoisotopic (exact) mass is 261 g/mol. The zero-order valence-corrected chi connectivity index (χ0v) is 11.7. The Morgan fingerprint density at radius 2 is 2.11 bits per heavy atom. The standard InChI is InChI=1S/C15H23N3O/c1-10(9-16)7-13(17)11-3-5-14-12(8-11)4-6-15(19)18(14)2/h3,5,8,10,13H,4,6-7,9,16-17H2,1-2H3. The van der Waals surface area contributed by atoms with Gasteiger partial charge in [-0.25, -0.2) is 0 Å². The molecule has 0 saturated heterocycles. The van der Waals surface area contributed by atoms with Gasteiger partial charge in [-0.15, -0.1) is 0 Å². The summed E-state index contributed by atoms with van der Waals surface area (Å²) >= 11 is 0. The molecule has 0 radical (unpaired) electrons. The van der Waals surface area contributed by atoms with Crippen LogP contribution in [0.3, 0.4) is 0 Å². The zero-order valence-electron chi connectivity index (χ0n) is 11.7. The smallest absolute Gasteiger partial charge is 0.227 e. The first-order chi connectivity index (χ1) is 9.02. The van der Waals surface area contributed by atoms with E-state index in [2.05, 4.69) is 13.0 Å². The van der Waals surface area contributed by atoms with E-state index in [0.717, 1.165) is 24.1 Å². The molecule has 1 heterocycles.